The van der Waals surface area contributed by atoms with Gasteiger partial charge in [0.15, 0.2) is 4.87 Å². The molecule has 0 aromatic heterocycles. The second-order valence-electron chi connectivity index (χ2n) is 1.71. The molecule has 0 rings (SSSR count). The minimum Gasteiger partial charge on any atom is -0.196 e. The van der Waals surface area contributed by atoms with Crippen LogP contribution in [0.15, 0.2) is 0 Å². The van der Waals surface area contributed by atoms with Crippen LogP contribution in [0.2, 0.25) is 0 Å². The molecule has 1 atom stereocenters. The van der Waals surface area contributed by atoms with E-state index in [2.05, 4.69) is 0 Å². The van der Waals surface area contributed by atoms with Crippen molar-refractivity contribution < 1.29 is 0 Å². The average molecular weight is 221 g/mol. The van der Waals surface area contributed by atoms with Crippen molar-refractivity contribution in [1.29, 1.82) is 5.26 Å². The topological polar surface area (TPSA) is 23.8 Å². The van der Waals surface area contributed by atoms with Gasteiger partial charge in [0.05, 0.1) is 6.07 Å². The molecule has 0 aliphatic heterocycles. The van der Waals surface area contributed by atoms with E-state index >= 15 is 0 Å². The first kappa shape index (κ1) is 10.7. The fourth-order valence-corrected chi connectivity index (χ4v) is 1.16. The van der Waals surface area contributed by atoms with Crippen molar-refractivity contribution in [3.05, 3.63) is 0 Å². The molecule has 1 nitrogen and oxygen atoms in total. The van der Waals surface area contributed by atoms with Crippen LogP contribution in [0.1, 0.15) is 6.42 Å². The Hall–Kier alpha value is 0.650. The summed E-state index contributed by atoms with van der Waals surface area (Å²) < 4.78 is 0. The van der Waals surface area contributed by atoms with Gasteiger partial charge in [-0.25, -0.2) is 0 Å². The zero-order valence-electron chi connectivity index (χ0n) is 4.95. The molecule has 0 heterocycles. The van der Waals surface area contributed by atoms with E-state index in [1.54, 1.807) is 6.07 Å². The maximum atomic E-state index is 8.48. The van der Waals surface area contributed by atoms with Gasteiger partial charge in [-0.15, -0.1) is 34.8 Å². The van der Waals surface area contributed by atoms with Gasteiger partial charge in [0.1, 0.15) is 4.84 Å². The van der Waals surface area contributed by atoms with Crippen molar-refractivity contribution in [2.24, 2.45) is 0 Å². The van der Waals surface area contributed by atoms with Crippen molar-refractivity contribution in [1.82, 2.24) is 0 Å². The minimum atomic E-state index is -1.23. The third-order valence-electron chi connectivity index (χ3n) is 0.990. The predicted octanol–water partition coefficient (Wildman–Crippen LogP) is 2.92. The maximum Gasteiger partial charge on any atom is 0.162 e. The molecule has 0 amide bonds. The predicted molar refractivity (Wildman–Crippen MR) is 45.0 cm³/mol. The number of hydrogen-bond donors (Lipinski definition) is 0. The lowest BCUT2D eigenvalue weighted by Gasteiger charge is -2.17. The number of nitriles is 1. The van der Waals surface area contributed by atoms with Crippen LogP contribution in [-0.4, -0.2) is 15.6 Å². The lowest BCUT2D eigenvalue weighted by molar-refractivity contribution is 0.737. The molecule has 0 aromatic carbocycles. The van der Waals surface area contributed by atoms with Gasteiger partial charge in [-0.2, -0.15) is 5.26 Å². The summed E-state index contributed by atoms with van der Waals surface area (Å²) in [6.45, 7) is 0. The molecule has 0 N–H and O–H groups in total. The Morgan fingerprint density at radius 3 is 2.10 bits per heavy atom. The first-order valence-electron chi connectivity index (χ1n) is 2.51. The van der Waals surface area contributed by atoms with E-state index in [0.717, 1.165) is 0 Å². The normalized spacial score (nSPS) is 16.4. The highest BCUT2D eigenvalue weighted by atomic mass is 35.5. The van der Waals surface area contributed by atoms with Crippen molar-refractivity contribution in [3.63, 3.8) is 0 Å². The Labute approximate surface area is 79.8 Å². The molecular formula is C5H5Cl4N. The third kappa shape index (κ3) is 2.72. The maximum absolute atomic E-state index is 8.48. The minimum absolute atomic E-state index is 0.271. The largest absolute Gasteiger partial charge is 0.196 e. The van der Waals surface area contributed by atoms with Gasteiger partial charge < -0.3 is 0 Å². The van der Waals surface area contributed by atoms with Gasteiger partial charge >= 0.3 is 0 Å². The molecule has 0 saturated heterocycles. The highest BCUT2D eigenvalue weighted by Gasteiger charge is 2.33. The Balaban J connectivity index is 4.12. The van der Waals surface area contributed by atoms with Crippen molar-refractivity contribution >= 4 is 46.4 Å². The third-order valence-corrected chi connectivity index (χ3v) is 2.64. The van der Waals surface area contributed by atoms with Gasteiger partial charge in [-0.1, -0.05) is 11.6 Å². The summed E-state index contributed by atoms with van der Waals surface area (Å²) >= 11 is 21.8. The van der Waals surface area contributed by atoms with Gasteiger partial charge in [0.2, 0.25) is 0 Å². The molecule has 0 aliphatic carbocycles. The summed E-state index contributed by atoms with van der Waals surface area (Å²) in [5, 5.41) is 8.48. The molecule has 0 aliphatic rings. The van der Waals surface area contributed by atoms with Crippen molar-refractivity contribution in [3.8, 4) is 6.07 Å². The quantitative estimate of drug-likeness (QED) is 0.672. The summed E-state index contributed by atoms with van der Waals surface area (Å²) in [5.41, 5.74) is 0. The number of rotatable bonds is 3. The Kier molecular flexibility index (Phi) is 4.81. The van der Waals surface area contributed by atoms with Crippen LogP contribution in [0, 0.1) is 11.3 Å². The van der Waals surface area contributed by atoms with Crippen LogP contribution in [0.25, 0.3) is 0 Å². The molecule has 0 aromatic rings. The van der Waals surface area contributed by atoms with E-state index in [-0.39, 0.29) is 12.3 Å². The van der Waals surface area contributed by atoms with Gasteiger partial charge in [0.25, 0.3) is 0 Å². The van der Waals surface area contributed by atoms with Crippen LogP contribution in [0.3, 0.4) is 0 Å². The summed E-state index contributed by atoms with van der Waals surface area (Å²) in [4.78, 5) is -2.14. The first-order valence-corrected chi connectivity index (χ1v) is 4.29. The fraction of sp³-hybridized carbons (Fsp3) is 0.800. The molecule has 58 valence electrons. The number of halogens is 4. The molecular weight excluding hydrogens is 216 g/mol. The summed E-state index contributed by atoms with van der Waals surface area (Å²) in [6.07, 6.45) is 0.282. The van der Waals surface area contributed by atoms with Crippen molar-refractivity contribution in [2.75, 3.05) is 5.88 Å². The van der Waals surface area contributed by atoms with E-state index < -0.39 is 9.71 Å². The monoisotopic (exact) mass is 219 g/mol. The highest BCUT2D eigenvalue weighted by Crippen LogP contribution is 2.30. The van der Waals surface area contributed by atoms with Crippen LogP contribution < -0.4 is 0 Å². The van der Waals surface area contributed by atoms with E-state index in [4.69, 9.17) is 51.7 Å². The van der Waals surface area contributed by atoms with E-state index in [0.29, 0.717) is 0 Å². The highest BCUT2D eigenvalue weighted by molar-refractivity contribution is 6.50. The lowest BCUT2D eigenvalue weighted by Crippen LogP contribution is -2.27. The number of hydrogen-bond acceptors (Lipinski definition) is 1. The molecule has 0 fully saturated rings. The zero-order chi connectivity index (χ0) is 8.20. The zero-order valence-corrected chi connectivity index (χ0v) is 7.97. The summed E-state index contributed by atoms with van der Waals surface area (Å²) in [7, 11) is 0. The van der Waals surface area contributed by atoms with Crippen molar-refractivity contribution in [2.45, 2.75) is 16.1 Å². The molecule has 5 heteroatoms. The summed E-state index contributed by atoms with van der Waals surface area (Å²) in [6, 6.07) is 1.80. The Morgan fingerprint density at radius 2 is 2.00 bits per heavy atom. The fourth-order valence-electron chi connectivity index (χ4n) is 0.351. The lowest BCUT2D eigenvalue weighted by atomic mass is 10.1. The van der Waals surface area contributed by atoms with Gasteiger partial charge in [-0.05, 0) is 6.42 Å². The van der Waals surface area contributed by atoms with Crippen LogP contribution in [0.4, 0.5) is 0 Å². The molecule has 0 bridgehead atoms. The van der Waals surface area contributed by atoms with Crippen LogP contribution >= 0.6 is 46.4 Å². The molecule has 1 unspecified atom stereocenters. The molecule has 0 saturated carbocycles. The second kappa shape index (κ2) is 4.51. The standard InChI is InChI=1S/C5H5Cl4N/c6-2-1-5(9,3-10)4(7)8/h4H,1-2H2. The molecule has 0 spiro atoms. The van der Waals surface area contributed by atoms with Crippen LogP contribution in [-0.2, 0) is 0 Å². The molecule has 10 heavy (non-hydrogen) atoms. The smallest absolute Gasteiger partial charge is 0.162 e. The summed E-state index contributed by atoms with van der Waals surface area (Å²) in [5.74, 6) is 0.271. The molecule has 0 radical (unpaired) electrons. The Morgan fingerprint density at radius 1 is 1.50 bits per heavy atom. The number of alkyl halides is 4. The van der Waals surface area contributed by atoms with E-state index in [1.807, 2.05) is 0 Å². The van der Waals surface area contributed by atoms with Gasteiger partial charge in [0, 0.05) is 5.88 Å². The Bertz CT molecular complexity index is 141. The average Bonchev–Trinajstić information content (AvgIpc) is 1.88. The number of nitrogens with zero attached hydrogens (tertiary/aromatic N) is 1. The van der Waals surface area contributed by atoms with E-state index in [1.165, 1.54) is 0 Å². The van der Waals surface area contributed by atoms with Crippen LogP contribution in [0.5, 0.6) is 0 Å². The first-order chi connectivity index (χ1) is 4.56. The second-order valence-corrected chi connectivity index (χ2v) is 3.86. The van der Waals surface area contributed by atoms with E-state index in [9.17, 15) is 0 Å². The SMILES string of the molecule is N#CC(Cl)(CCCl)C(Cl)Cl. The van der Waals surface area contributed by atoms with Gasteiger partial charge in [-0.3, -0.25) is 0 Å².